The van der Waals surface area contributed by atoms with Gasteiger partial charge in [-0.2, -0.15) is 14.8 Å². The van der Waals surface area contributed by atoms with Crippen molar-refractivity contribution in [1.82, 2.24) is 19.4 Å². The van der Waals surface area contributed by atoms with Gasteiger partial charge in [0.15, 0.2) is 0 Å². The first-order valence-electron chi connectivity index (χ1n) is 7.90. The Hall–Kier alpha value is -2.75. The maximum atomic E-state index is 12.4. The van der Waals surface area contributed by atoms with Crippen molar-refractivity contribution in [2.45, 2.75) is 33.1 Å². The summed E-state index contributed by atoms with van der Waals surface area (Å²) in [4.78, 5) is 33.6. The van der Waals surface area contributed by atoms with Crippen LogP contribution in [0.2, 0.25) is 0 Å². The molecule has 1 unspecified atom stereocenters. The van der Waals surface area contributed by atoms with Crippen LogP contribution >= 0.6 is 11.5 Å². The van der Waals surface area contributed by atoms with Gasteiger partial charge in [0.25, 0.3) is 17.8 Å². The molecule has 1 aliphatic heterocycles. The standard InChI is InChI=1S/C15H15N7O2S/c1-7-6-11(17-14(24)12-8(2)19-21-25-12)22(20-7)15-16-10-5-3-4-9(10)13(23)18-15/h6,9H,3-5H2,1-2H3,(H,17,24). The SMILES string of the molecule is Cc1cc(NC(=O)c2snnc2C)n(C2=NC(=O)C3CCCC3=N2)n1. The first-order valence-corrected chi connectivity index (χ1v) is 8.67. The van der Waals surface area contributed by atoms with Crippen LogP contribution in [0.3, 0.4) is 0 Å². The Morgan fingerprint density at radius 2 is 2.20 bits per heavy atom. The Labute approximate surface area is 147 Å². The van der Waals surface area contributed by atoms with Gasteiger partial charge in [-0.15, -0.1) is 5.10 Å². The topological polar surface area (TPSA) is 114 Å². The zero-order chi connectivity index (χ0) is 17.6. The van der Waals surface area contributed by atoms with Crippen molar-refractivity contribution in [3.63, 3.8) is 0 Å². The van der Waals surface area contributed by atoms with Crippen LogP contribution in [0.15, 0.2) is 16.1 Å². The highest BCUT2D eigenvalue weighted by Crippen LogP contribution is 2.27. The third kappa shape index (κ3) is 2.78. The molecule has 2 aromatic heterocycles. The van der Waals surface area contributed by atoms with E-state index in [0.29, 0.717) is 22.1 Å². The third-order valence-electron chi connectivity index (χ3n) is 4.20. The van der Waals surface area contributed by atoms with Crippen molar-refractivity contribution < 1.29 is 9.59 Å². The van der Waals surface area contributed by atoms with Crippen LogP contribution in [-0.4, -0.2) is 42.9 Å². The number of carbonyl (C=O) groups is 2. The van der Waals surface area contributed by atoms with Crippen LogP contribution in [0.1, 0.15) is 40.3 Å². The number of hydrogen-bond donors (Lipinski definition) is 1. The van der Waals surface area contributed by atoms with Crippen LogP contribution < -0.4 is 5.32 Å². The summed E-state index contributed by atoms with van der Waals surface area (Å²) in [6.07, 6.45) is 2.54. The van der Waals surface area contributed by atoms with Gasteiger partial charge >= 0.3 is 0 Å². The molecule has 128 valence electrons. The second-order valence-corrected chi connectivity index (χ2v) is 6.78. The van der Waals surface area contributed by atoms with E-state index in [1.54, 1.807) is 19.9 Å². The van der Waals surface area contributed by atoms with E-state index in [2.05, 4.69) is 30.0 Å². The normalized spacial score (nSPS) is 19.4. The molecule has 1 N–H and O–H groups in total. The molecule has 25 heavy (non-hydrogen) atoms. The highest BCUT2D eigenvalue weighted by Gasteiger charge is 2.33. The number of rotatable bonds is 2. The van der Waals surface area contributed by atoms with Gasteiger partial charge in [0, 0.05) is 11.8 Å². The van der Waals surface area contributed by atoms with Gasteiger partial charge in [-0.3, -0.25) is 9.59 Å². The molecule has 3 heterocycles. The predicted molar refractivity (Wildman–Crippen MR) is 92.2 cm³/mol. The summed E-state index contributed by atoms with van der Waals surface area (Å²) in [6, 6.07) is 1.70. The third-order valence-corrected chi connectivity index (χ3v) is 5.03. The van der Waals surface area contributed by atoms with Gasteiger partial charge in [0.1, 0.15) is 10.7 Å². The molecule has 0 spiro atoms. The van der Waals surface area contributed by atoms with Gasteiger partial charge in [-0.25, -0.2) is 4.99 Å². The molecule has 4 rings (SSSR count). The van der Waals surface area contributed by atoms with Gasteiger partial charge in [0.05, 0.1) is 17.3 Å². The average Bonchev–Trinajstić information content (AvgIpc) is 3.27. The molecule has 0 radical (unpaired) electrons. The summed E-state index contributed by atoms with van der Waals surface area (Å²) in [7, 11) is 0. The van der Waals surface area contributed by atoms with E-state index in [9.17, 15) is 9.59 Å². The van der Waals surface area contributed by atoms with E-state index < -0.39 is 0 Å². The number of aryl methyl sites for hydroxylation is 2. The molecule has 1 fully saturated rings. The molecule has 10 heteroatoms. The minimum absolute atomic E-state index is 0.189. The fourth-order valence-corrected chi connectivity index (χ4v) is 3.56. The Morgan fingerprint density at radius 1 is 1.36 bits per heavy atom. The minimum Gasteiger partial charge on any atom is -0.306 e. The van der Waals surface area contributed by atoms with Crippen molar-refractivity contribution in [2.75, 3.05) is 5.32 Å². The second-order valence-electron chi connectivity index (χ2n) is 6.02. The van der Waals surface area contributed by atoms with Crippen molar-refractivity contribution in [2.24, 2.45) is 15.9 Å². The molecule has 0 aromatic carbocycles. The number of amides is 2. The van der Waals surface area contributed by atoms with Crippen LogP contribution in [0.4, 0.5) is 5.82 Å². The van der Waals surface area contributed by atoms with Crippen LogP contribution in [0, 0.1) is 19.8 Å². The molecule has 0 bridgehead atoms. The van der Waals surface area contributed by atoms with Crippen molar-refractivity contribution in [1.29, 1.82) is 0 Å². The Morgan fingerprint density at radius 3 is 2.96 bits per heavy atom. The summed E-state index contributed by atoms with van der Waals surface area (Å²) >= 11 is 1.02. The lowest BCUT2D eigenvalue weighted by molar-refractivity contribution is -0.119. The van der Waals surface area contributed by atoms with Crippen LogP contribution in [0.25, 0.3) is 0 Å². The van der Waals surface area contributed by atoms with Crippen LogP contribution in [0.5, 0.6) is 0 Å². The van der Waals surface area contributed by atoms with Gasteiger partial charge < -0.3 is 5.32 Å². The second kappa shape index (κ2) is 5.96. The van der Waals surface area contributed by atoms with Crippen LogP contribution in [-0.2, 0) is 4.79 Å². The molecular weight excluding hydrogens is 342 g/mol. The van der Waals surface area contributed by atoms with Crippen molar-refractivity contribution >= 4 is 40.8 Å². The van der Waals surface area contributed by atoms with E-state index in [1.165, 1.54) is 4.68 Å². The zero-order valence-corrected chi connectivity index (χ0v) is 14.5. The number of fused-ring (bicyclic) bond motifs is 1. The summed E-state index contributed by atoms with van der Waals surface area (Å²) in [5, 5.41) is 10.9. The summed E-state index contributed by atoms with van der Waals surface area (Å²) in [5.74, 6) is -0.110. The molecule has 1 atom stereocenters. The lowest BCUT2D eigenvalue weighted by atomic mass is 10.1. The van der Waals surface area contributed by atoms with E-state index in [4.69, 9.17) is 0 Å². The highest BCUT2D eigenvalue weighted by molar-refractivity contribution is 7.08. The Bertz CT molecular complexity index is 940. The minimum atomic E-state index is -0.331. The molecule has 9 nitrogen and oxygen atoms in total. The fraction of sp³-hybridized carbons (Fsp3) is 0.400. The number of carbonyl (C=O) groups excluding carboxylic acids is 2. The Kier molecular flexibility index (Phi) is 3.75. The maximum absolute atomic E-state index is 12.4. The lowest BCUT2D eigenvalue weighted by Crippen LogP contribution is -2.29. The van der Waals surface area contributed by atoms with E-state index in [0.717, 1.165) is 36.5 Å². The number of aromatic nitrogens is 4. The lowest BCUT2D eigenvalue weighted by Gasteiger charge is -2.15. The summed E-state index contributed by atoms with van der Waals surface area (Å²) in [6.45, 7) is 3.51. The molecule has 1 aliphatic carbocycles. The number of anilines is 1. The smallest absolute Gasteiger partial charge is 0.270 e. The zero-order valence-electron chi connectivity index (χ0n) is 13.7. The van der Waals surface area contributed by atoms with Gasteiger partial charge in [0.2, 0.25) is 0 Å². The fourth-order valence-electron chi connectivity index (χ4n) is 3.01. The molecule has 2 amide bonds. The predicted octanol–water partition coefficient (Wildman–Crippen LogP) is 1.59. The monoisotopic (exact) mass is 357 g/mol. The summed E-state index contributed by atoms with van der Waals surface area (Å²) < 4.78 is 5.17. The van der Waals surface area contributed by atoms with E-state index >= 15 is 0 Å². The quantitative estimate of drug-likeness (QED) is 0.876. The first-order chi connectivity index (χ1) is 12.0. The van der Waals surface area contributed by atoms with Gasteiger partial charge in [-0.1, -0.05) is 4.49 Å². The summed E-state index contributed by atoms with van der Waals surface area (Å²) in [5.41, 5.74) is 2.09. The molecule has 1 saturated carbocycles. The van der Waals surface area contributed by atoms with Crippen molar-refractivity contribution in [3.05, 3.63) is 22.3 Å². The first kappa shape index (κ1) is 15.8. The Balaban J connectivity index is 1.67. The number of nitrogens with one attached hydrogen (secondary N) is 1. The largest absolute Gasteiger partial charge is 0.306 e. The molecule has 2 aliphatic rings. The van der Waals surface area contributed by atoms with E-state index in [-0.39, 0.29) is 23.7 Å². The number of aliphatic imine (C=N–C) groups is 2. The highest BCUT2D eigenvalue weighted by atomic mass is 32.1. The number of nitrogens with zero attached hydrogens (tertiary/aromatic N) is 6. The van der Waals surface area contributed by atoms with E-state index in [1.807, 2.05) is 0 Å². The molecular formula is C15H15N7O2S. The number of hydrogen-bond acceptors (Lipinski definition) is 7. The molecule has 2 aromatic rings. The average molecular weight is 357 g/mol. The van der Waals surface area contributed by atoms with Crippen molar-refractivity contribution in [3.8, 4) is 0 Å². The molecule has 0 saturated heterocycles. The van der Waals surface area contributed by atoms with Gasteiger partial charge in [-0.05, 0) is 44.6 Å². The maximum Gasteiger partial charge on any atom is 0.270 e.